The molecule has 0 radical (unpaired) electrons. The summed E-state index contributed by atoms with van der Waals surface area (Å²) in [5.41, 5.74) is 6.43. The van der Waals surface area contributed by atoms with Crippen molar-refractivity contribution in [3.8, 4) is 5.88 Å². The molecule has 66 valence electrons. The molecule has 12 heavy (non-hydrogen) atoms. The Bertz CT molecular complexity index is 265. The van der Waals surface area contributed by atoms with Crippen LogP contribution in [0.3, 0.4) is 0 Å². The van der Waals surface area contributed by atoms with Crippen LogP contribution in [0, 0.1) is 0 Å². The number of methoxy groups -OCH3 is 1. The predicted octanol–water partition coefficient (Wildman–Crippen LogP) is 1.28. The van der Waals surface area contributed by atoms with Gasteiger partial charge in [-0.3, -0.25) is 0 Å². The summed E-state index contributed by atoms with van der Waals surface area (Å²) in [5.74, 6) is 0.602. The number of nitrogens with two attached hydrogens (primary N) is 1. The molecule has 0 fully saturated rings. The first-order chi connectivity index (χ1) is 5.55. The maximum atomic E-state index is 5.91. The van der Waals surface area contributed by atoms with Gasteiger partial charge in [-0.25, -0.2) is 4.98 Å². The van der Waals surface area contributed by atoms with E-state index in [4.69, 9.17) is 10.5 Å². The average Bonchev–Trinajstić information content (AvgIpc) is 2.03. The van der Waals surface area contributed by atoms with Crippen molar-refractivity contribution >= 4 is 0 Å². The summed E-state index contributed by atoms with van der Waals surface area (Å²) < 4.78 is 5.08. The average molecular weight is 166 g/mol. The van der Waals surface area contributed by atoms with E-state index in [2.05, 4.69) is 4.98 Å². The summed E-state index contributed by atoms with van der Waals surface area (Å²) in [4.78, 5) is 4.06. The van der Waals surface area contributed by atoms with Crippen LogP contribution in [0.15, 0.2) is 18.3 Å². The lowest BCUT2D eigenvalue weighted by Gasteiger charge is -2.20. The van der Waals surface area contributed by atoms with E-state index in [9.17, 15) is 0 Å². The number of rotatable bonds is 2. The second-order valence-corrected chi connectivity index (χ2v) is 3.28. The van der Waals surface area contributed by atoms with Gasteiger partial charge in [0.25, 0.3) is 0 Å². The van der Waals surface area contributed by atoms with E-state index >= 15 is 0 Å². The Hall–Kier alpha value is -1.09. The van der Waals surface area contributed by atoms with Crippen molar-refractivity contribution < 1.29 is 4.74 Å². The van der Waals surface area contributed by atoms with Gasteiger partial charge in [-0.05, 0) is 19.9 Å². The maximum Gasteiger partial charge on any atom is 0.218 e. The second kappa shape index (κ2) is 3.11. The zero-order chi connectivity index (χ0) is 9.19. The highest BCUT2D eigenvalue weighted by atomic mass is 16.5. The number of nitrogens with zero attached hydrogens (tertiary/aromatic N) is 1. The van der Waals surface area contributed by atoms with Crippen molar-refractivity contribution in [2.75, 3.05) is 7.11 Å². The number of hydrogen-bond acceptors (Lipinski definition) is 3. The van der Waals surface area contributed by atoms with Gasteiger partial charge in [0, 0.05) is 17.3 Å². The van der Waals surface area contributed by atoms with Crippen LogP contribution < -0.4 is 10.5 Å². The van der Waals surface area contributed by atoms with Gasteiger partial charge >= 0.3 is 0 Å². The molecule has 0 saturated carbocycles. The van der Waals surface area contributed by atoms with E-state index in [1.54, 1.807) is 13.3 Å². The molecule has 0 aliphatic rings. The monoisotopic (exact) mass is 166 g/mol. The summed E-state index contributed by atoms with van der Waals surface area (Å²) in [5, 5.41) is 0. The molecule has 0 aliphatic heterocycles. The summed E-state index contributed by atoms with van der Waals surface area (Å²) in [6, 6.07) is 3.78. The SMILES string of the molecule is COc1ncccc1C(C)(C)N. The lowest BCUT2D eigenvalue weighted by atomic mass is 9.97. The van der Waals surface area contributed by atoms with E-state index in [1.165, 1.54) is 0 Å². The molecule has 0 unspecified atom stereocenters. The van der Waals surface area contributed by atoms with Crippen LogP contribution in [-0.2, 0) is 5.54 Å². The van der Waals surface area contributed by atoms with Gasteiger partial charge < -0.3 is 10.5 Å². The molecule has 0 aliphatic carbocycles. The summed E-state index contributed by atoms with van der Waals surface area (Å²) >= 11 is 0. The first-order valence-corrected chi connectivity index (χ1v) is 3.84. The van der Waals surface area contributed by atoms with Crippen LogP contribution in [0.5, 0.6) is 5.88 Å². The summed E-state index contributed by atoms with van der Waals surface area (Å²) in [7, 11) is 1.59. The lowest BCUT2D eigenvalue weighted by molar-refractivity contribution is 0.378. The quantitative estimate of drug-likeness (QED) is 0.720. The highest BCUT2D eigenvalue weighted by Crippen LogP contribution is 2.24. The Kier molecular flexibility index (Phi) is 2.33. The Morgan fingerprint density at radius 2 is 2.17 bits per heavy atom. The van der Waals surface area contributed by atoms with E-state index < -0.39 is 5.54 Å². The molecular formula is C9H14N2O. The zero-order valence-electron chi connectivity index (χ0n) is 7.66. The van der Waals surface area contributed by atoms with Crippen LogP contribution in [0.25, 0.3) is 0 Å². The fourth-order valence-corrected chi connectivity index (χ4v) is 1.04. The molecule has 1 aromatic rings. The second-order valence-electron chi connectivity index (χ2n) is 3.28. The third-order valence-corrected chi connectivity index (χ3v) is 1.66. The van der Waals surface area contributed by atoms with E-state index in [1.807, 2.05) is 26.0 Å². The topological polar surface area (TPSA) is 48.1 Å². The summed E-state index contributed by atoms with van der Waals surface area (Å²) in [6.07, 6.45) is 1.69. The molecule has 2 N–H and O–H groups in total. The highest BCUT2D eigenvalue weighted by molar-refractivity contribution is 5.31. The highest BCUT2D eigenvalue weighted by Gasteiger charge is 2.19. The van der Waals surface area contributed by atoms with Crippen LogP contribution in [-0.4, -0.2) is 12.1 Å². The lowest BCUT2D eigenvalue weighted by Crippen LogP contribution is -2.29. The minimum atomic E-state index is -0.403. The Morgan fingerprint density at radius 1 is 1.50 bits per heavy atom. The van der Waals surface area contributed by atoms with Gasteiger partial charge in [0.15, 0.2) is 0 Å². The molecule has 0 aromatic carbocycles. The predicted molar refractivity (Wildman–Crippen MR) is 48.0 cm³/mol. The molecular weight excluding hydrogens is 152 g/mol. The molecule has 1 heterocycles. The fourth-order valence-electron chi connectivity index (χ4n) is 1.04. The van der Waals surface area contributed by atoms with Crippen LogP contribution in [0.2, 0.25) is 0 Å². The zero-order valence-corrected chi connectivity index (χ0v) is 7.66. The van der Waals surface area contributed by atoms with Crippen molar-refractivity contribution in [2.24, 2.45) is 5.73 Å². The standard InChI is InChI=1S/C9H14N2O/c1-9(2,10)7-5-4-6-11-8(7)12-3/h4-6H,10H2,1-3H3. The van der Waals surface area contributed by atoms with E-state index in [0.29, 0.717) is 5.88 Å². The molecule has 1 rings (SSSR count). The Morgan fingerprint density at radius 3 is 2.58 bits per heavy atom. The van der Waals surface area contributed by atoms with Crippen molar-refractivity contribution in [1.29, 1.82) is 0 Å². The largest absolute Gasteiger partial charge is 0.481 e. The molecule has 0 atom stereocenters. The molecule has 3 heteroatoms. The van der Waals surface area contributed by atoms with Crippen LogP contribution >= 0.6 is 0 Å². The third-order valence-electron chi connectivity index (χ3n) is 1.66. The van der Waals surface area contributed by atoms with Crippen molar-refractivity contribution in [2.45, 2.75) is 19.4 Å². The fraction of sp³-hybridized carbons (Fsp3) is 0.444. The number of ether oxygens (including phenoxy) is 1. The molecule has 0 bridgehead atoms. The van der Waals surface area contributed by atoms with Gasteiger partial charge in [0.2, 0.25) is 5.88 Å². The minimum absolute atomic E-state index is 0.403. The number of hydrogen-bond donors (Lipinski definition) is 1. The van der Waals surface area contributed by atoms with Crippen molar-refractivity contribution in [3.63, 3.8) is 0 Å². The third kappa shape index (κ3) is 1.74. The molecule has 3 nitrogen and oxygen atoms in total. The van der Waals surface area contributed by atoms with E-state index in [-0.39, 0.29) is 0 Å². The van der Waals surface area contributed by atoms with Crippen molar-refractivity contribution in [3.05, 3.63) is 23.9 Å². The number of aromatic nitrogens is 1. The molecule has 1 aromatic heterocycles. The molecule has 0 saturated heterocycles. The first-order valence-electron chi connectivity index (χ1n) is 3.84. The maximum absolute atomic E-state index is 5.91. The van der Waals surface area contributed by atoms with Gasteiger partial charge in [-0.1, -0.05) is 6.07 Å². The Labute approximate surface area is 72.6 Å². The van der Waals surface area contributed by atoms with Gasteiger partial charge in [-0.2, -0.15) is 0 Å². The van der Waals surface area contributed by atoms with E-state index in [0.717, 1.165) is 5.56 Å². The van der Waals surface area contributed by atoms with Crippen LogP contribution in [0.1, 0.15) is 19.4 Å². The van der Waals surface area contributed by atoms with Crippen LogP contribution in [0.4, 0.5) is 0 Å². The number of pyridine rings is 1. The summed E-state index contributed by atoms with van der Waals surface area (Å²) in [6.45, 7) is 3.85. The Balaban J connectivity index is 3.14. The molecule has 0 amide bonds. The minimum Gasteiger partial charge on any atom is -0.481 e. The van der Waals surface area contributed by atoms with Crippen molar-refractivity contribution in [1.82, 2.24) is 4.98 Å². The van der Waals surface area contributed by atoms with Gasteiger partial charge in [0.1, 0.15) is 0 Å². The first kappa shape index (κ1) is 9.00. The van der Waals surface area contributed by atoms with Gasteiger partial charge in [0.05, 0.1) is 7.11 Å². The normalized spacial score (nSPS) is 11.3. The molecule has 0 spiro atoms. The smallest absolute Gasteiger partial charge is 0.218 e. The van der Waals surface area contributed by atoms with Gasteiger partial charge in [-0.15, -0.1) is 0 Å².